The van der Waals surface area contributed by atoms with Crippen molar-refractivity contribution in [1.82, 2.24) is 9.13 Å². The first-order valence-electron chi connectivity index (χ1n) is 17.2. The number of hydrogen-bond donors (Lipinski definition) is 0. The fourth-order valence-corrected chi connectivity index (χ4v) is 7.75. The van der Waals surface area contributed by atoms with Crippen LogP contribution in [0.3, 0.4) is 0 Å². The maximum absolute atomic E-state index is 2.42. The van der Waals surface area contributed by atoms with Crippen LogP contribution in [0.1, 0.15) is 0 Å². The van der Waals surface area contributed by atoms with E-state index in [9.17, 15) is 0 Å². The molecule has 0 aliphatic carbocycles. The van der Waals surface area contributed by atoms with Crippen molar-refractivity contribution >= 4 is 43.6 Å². The Balaban J connectivity index is 1.19. The van der Waals surface area contributed by atoms with Gasteiger partial charge in [0.2, 0.25) is 0 Å². The van der Waals surface area contributed by atoms with Gasteiger partial charge in [0.15, 0.2) is 0 Å². The molecule has 2 heteroatoms. The van der Waals surface area contributed by atoms with Crippen molar-refractivity contribution in [3.63, 3.8) is 0 Å². The molecule has 8 aromatic carbocycles. The zero-order chi connectivity index (χ0) is 33.0. The van der Waals surface area contributed by atoms with Crippen molar-refractivity contribution in [3.8, 4) is 44.8 Å². The largest absolute Gasteiger partial charge is 0.309 e. The molecule has 0 N–H and O–H groups in total. The van der Waals surface area contributed by atoms with Crippen LogP contribution in [0.2, 0.25) is 0 Å². The first-order valence-corrected chi connectivity index (χ1v) is 17.2. The number of fused-ring (bicyclic) bond motifs is 6. The molecular formula is C48H32N2. The van der Waals surface area contributed by atoms with Crippen LogP contribution in [0, 0.1) is 0 Å². The smallest absolute Gasteiger partial charge is 0.0541 e. The summed E-state index contributed by atoms with van der Waals surface area (Å²) < 4.78 is 4.80. The molecule has 2 aromatic heterocycles. The number of aromatic nitrogens is 2. The molecule has 2 heterocycles. The van der Waals surface area contributed by atoms with Crippen LogP contribution < -0.4 is 0 Å². The lowest BCUT2D eigenvalue weighted by Gasteiger charge is -2.11. The van der Waals surface area contributed by atoms with Crippen LogP contribution in [-0.4, -0.2) is 9.13 Å². The van der Waals surface area contributed by atoms with Crippen molar-refractivity contribution in [1.29, 1.82) is 0 Å². The minimum Gasteiger partial charge on any atom is -0.309 e. The van der Waals surface area contributed by atoms with E-state index in [0.717, 1.165) is 5.69 Å². The second-order valence-corrected chi connectivity index (χ2v) is 13.0. The predicted molar refractivity (Wildman–Crippen MR) is 211 cm³/mol. The quantitative estimate of drug-likeness (QED) is 0.178. The van der Waals surface area contributed by atoms with Crippen molar-refractivity contribution in [2.24, 2.45) is 0 Å². The highest BCUT2D eigenvalue weighted by atomic mass is 15.0. The SMILES string of the molecule is c1ccc(-c2cccc(-n3c4ccc(-c5ccccc5)cc4c4cc(-c5ccc6c(c5)c5ccccc5n6-c5ccccc5)ccc43)c2)cc1. The van der Waals surface area contributed by atoms with E-state index >= 15 is 0 Å². The normalized spacial score (nSPS) is 11.6. The Labute approximate surface area is 290 Å². The second kappa shape index (κ2) is 11.5. The second-order valence-electron chi connectivity index (χ2n) is 13.0. The highest BCUT2D eigenvalue weighted by Crippen LogP contribution is 2.40. The van der Waals surface area contributed by atoms with Crippen LogP contribution in [0.4, 0.5) is 0 Å². The van der Waals surface area contributed by atoms with E-state index in [0.29, 0.717) is 0 Å². The average Bonchev–Trinajstić information content (AvgIpc) is 3.71. The molecule has 10 aromatic rings. The van der Waals surface area contributed by atoms with Crippen molar-refractivity contribution in [2.45, 2.75) is 0 Å². The van der Waals surface area contributed by atoms with Gasteiger partial charge in [0.05, 0.1) is 22.1 Å². The maximum Gasteiger partial charge on any atom is 0.0541 e. The molecule has 10 rings (SSSR count). The van der Waals surface area contributed by atoms with Gasteiger partial charge in [0, 0.05) is 32.9 Å². The third-order valence-corrected chi connectivity index (χ3v) is 10.1. The van der Waals surface area contributed by atoms with Gasteiger partial charge in [0.25, 0.3) is 0 Å². The Morgan fingerprint density at radius 3 is 1.18 bits per heavy atom. The average molecular weight is 637 g/mol. The predicted octanol–water partition coefficient (Wildman–Crippen LogP) is 12.9. The number of para-hydroxylation sites is 2. The molecule has 0 radical (unpaired) electrons. The van der Waals surface area contributed by atoms with Crippen LogP contribution in [0.5, 0.6) is 0 Å². The van der Waals surface area contributed by atoms with Crippen molar-refractivity contribution in [2.75, 3.05) is 0 Å². The first kappa shape index (κ1) is 28.4. The molecule has 0 unspecified atom stereocenters. The van der Waals surface area contributed by atoms with Crippen LogP contribution >= 0.6 is 0 Å². The third-order valence-electron chi connectivity index (χ3n) is 10.1. The monoisotopic (exact) mass is 636 g/mol. The lowest BCUT2D eigenvalue weighted by molar-refractivity contribution is 1.18. The highest BCUT2D eigenvalue weighted by molar-refractivity contribution is 6.13. The molecule has 0 spiro atoms. The number of rotatable bonds is 5. The molecule has 234 valence electrons. The number of hydrogen-bond acceptors (Lipinski definition) is 0. The lowest BCUT2D eigenvalue weighted by Crippen LogP contribution is -1.94. The zero-order valence-electron chi connectivity index (χ0n) is 27.4. The summed E-state index contributed by atoms with van der Waals surface area (Å²) in [6, 6.07) is 70.4. The van der Waals surface area contributed by atoms with Gasteiger partial charge >= 0.3 is 0 Å². The van der Waals surface area contributed by atoms with Gasteiger partial charge in [-0.1, -0.05) is 127 Å². The highest BCUT2D eigenvalue weighted by Gasteiger charge is 2.17. The van der Waals surface area contributed by atoms with Gasteiger partial charge in [0.1, 0.15) is 0 Å². The molecule has 0 saturated heterocycles. The van der Waals surface area contributed by atoms with Crippen LogP contribution in [-0.2, 0) is 0 Å². The molecule has 0 aliphatic rings. The lowest BCUT2D eigenvalue weighted by atomic mass is 9.99. The zero-order valence-corrected chi connectivity index (χ0v) is 27.4. The molecule has 0 bridgehead atoms. The Kier molecular flexibility index (Phi) is 6.53. The maximum atomic E-state index is 2.42. The number of benzene rings is 8. The molecule has 0 aliphatic heterocycles. The standard InChI is InChI=1S/C48H32N2/c1-4-13-33(14-5-1)35-17-12-20-40(29-35)50-47-26-23-36(34-15-6-2-7-16-34)30-43(47)44-32-38(25-28-48(44)50)37-24-27-46-42(31-37)41-21-10-11-22-45(41)49(46)39-18-8-3-9-19-39/h1-32H. The minimum absolute atomic E-state index is 1.15. The third kappa shape index (κ3) is 4.57. The Hall–Kier alpha value is -6.64. The van der Waals surface area contributed by atoms with Crippen LogP contribution in [0.25, 0.3) is 88.4 Å². The van der Waals surface area contributed by atoms with E-state index in [4.69, 9.17) is 0 Å². The molecule has 0 amide bonds. The molecule has 0 atom stereocenters. The molecule has 2 nitrogen and oxygen atoms in total. The molecule has 0 saturated carbocycles. The van der Waals surface area contributed by atoms with Gasteiger partial charge in [-0.3, -0.25) is 0 Å². The summed E-state index contributed by atoms with van der Waals surface area (Å²) in [4.78, 5) is 0. The van der Waals surface area contributed by atoms with E-state index in [2.05, 4.69) is 203 Å². The van der Waals surface area contributed by atoms with Crippen molar-refractivity contribution in [3.05, 3.63) is 194 Å². The minimum atomic E-state index is 1.15. The van der Waals surface area contributed by atoms with Gasteiger partial charge in [-0.25, -0.2) is 0 Å². The van der Waals surface area contributed by atoms with Crippen LogP contribution in [0.15, 0.2) is 194 Å². The van der Waals surface area contributed by atoms with E-state index in [1.54, 1.807) is 0 Å². The number of nitrogens with zero attached hydrogens (tertiary/aromatic N) is 2. The van der Waals surface area contributed by atoms with Crippen molar-refractivity contribution < 1.29 is 0 Å². The molecular weight excluding hydrogens is 605 g/mol. The van der Waals surface area contributed by atoms with Gasteiger partial charge in [-0.05, 0) is 100 Å². The summed E-state index contributed by atoms with van der Waals surface area (Å²) >= 11 is 0. The summed E-state index contributed by atoms with van der Waals surface area (Å²) in [5.74, 6) is 0. The first-order chi connectivity index (χ1) is 24.8. The molecule has 50 heavy (non-hydrogen) atoms. The summed E-state index contributed by atoms with van der Waals surface area (Å²) in [6.45, 7) is 0. The van der Waals surface area contributed by atoms with E-state index in [1.807, 2.05) is 0 Å². The summed E-state index contributed by atoms with van der Waals surface area (Å²) in [6.07, 6.45) is 0. The fraction of sp³-hybridized carbons (Fsp3) is 0. The summed E-state index contributed by atoms with van der Waals surface area (Å²) in [7, 11) is 0. The Bertz CT molecular complexity index is 2840. The topological polar surface area (TPSA) is 9.86 Å². The fourth-order valence-electron chi connectivity index (χ4n) is 7.75. The Morgan fingerprint density at radius 1 is 0.220 bits per heavy atom. The summed E-state index contributed by atoms with van der Waals surface area (Å²) in [5, 5.41) is 5.01. The van der Waals surface area contributed by atoms with Gasteiger partial charge in [-0.2, -0.15) is 0 Å². The van der Waals surface area contributed by atoms with Gasteiger partial charge < -0.3 is 9.13 Å². The van der Waals surface area contributed by atoms with E-state index in [1.165, 1.54) is 82.7 Å². The summed E-state index contributed by atoms with van der Waals surface area (Å²) in [5.41, 5.74) is 14.4. The van der Waals surface area contributed by atoms with E-state index in [-0.39, 0.29) is 0 Å². The Morgan fingerprint density at radius 2 is 0.600 bits per heavy atom. The van der Waals surface area contributed by atoms with E-state index < -0.39 is 0 Å². The molecule has 0 fully saturated rings. The van der Waals surface area contributed by atoms with Gasteiger partial charge in [-0.15, -0.1) is 0 Å².